The molecular weight excluding hydrogens is 244 g/mol. The molecule has 0 aromatic carbocycles. The molecule has 17 heavy (non-hydrogen) atoms. The van der Waals surface area contributed by atoms with Crippen LogP contribution in [0.15, 0.2) is 6.07 Å². The van der Waals surface area contributed by atoms with Gasteiger partial charge < -0.3 is 5.11 Å². The van der Waals surface area contributed by atoms with E-state index in [-0.39, 0.29) is 23.2 Å². The number of carbonyl (C=O) groups is 1. The van der Waals surface area contributed by atoms with E-state index in [9.17, 15) is 13.2 Å². The summed E-state index contributed by atoms with van der Waals surface area (Å²) in [6, 6.07) is 1.33. The van der Waals surface area contributed by atoms with Crippen molar-refractivity contribution in [2.24, 2.45) is 0 Å². The maximum Gasteiger partial charge on any atom is 0.356 e. The molecule has 2 heterocycles. The van der Waals surface area contributed by atoms with Crippen LogP contribution in [0.4, 0.5) is 0 Å². The van der Waals surface area contributed by atoms with E-state index in [1.165, 1.54) is 6.07 Å². The van der Waals surface area contributed by atoms with E-state index in [1.54, 1.807) is 4.68 Å². The molecule has 1 aromatic rings. The second kappa shape index (κ2) is 4.14. The van der Waals surface area contributed by atoms with Gasteiger partial charge in [-0.05, 0) is 12.5 Å². The number of sulfone groups is 1. The van der Waals surface area contributed by atoms with Crippen LogP contribution in [0.3, 0.4) is 0 Å². The van der Waals surface area contributed by atoms with Crippen molar-refractivity contribution in [3.8, 4) is 0 Å². The molecule has 0 amide bonds. The van der Waals surface area contributed by atoms with Crippen LogP contribution in [-0.2, 0) is 16.3 Å². The van der Waals surface area contributed by atoms with Gasteiger partial charge in [-0.2, -0.15) is 5.10 Å². The summed E-state index contributed by atoms with van der Waals surface area (Å²) in [5, 5.41) is 12.8. The molecule has 0 bridgehead atoms. The number of aryl methyl sites for hydroxylation is 1. The zero-order valence-corrected chi connectivity index (χ0v) is 10.3. The van der Waals surface area contributed by atoms with E-state index in [4.69, 9.17) is 5.11 Å². The third-order valence-electron chi connectivity index (χ3n) is 2.78. The summed E-state index contributed by atoms with van der Waals surface area (Å²) in [7, 11) is -2.93. The van der Waals surface area contributed by atoms with Crippen LogP contribution < -0.4 is 0 Å². The van der Waals surface area contributed by atoms with Crippen molar-refractivity contribution in [1.29, 1.82) is 0 Å². The lowest BCUT2D eigenvalue weighted by molar-refractivity contribution is 0.0689. The van der Waals surface area contributed by atoms with Crippen molar-refractivity contribution in [2.75, 3.05) is 11.5 Å². The summed E-state index contributed by atoms with van der Waals surface area (Å²) < 4.78 is 23.8. The van der Waals surface area contributed by atoms with Gasteiger partial charge in [0.1, 0.15) is 0 Å². The molecule has 0 atom stereocenters. The number of carboxylic acids is 1. The smallest absolute Gasteiger partial charge is 0.356 e. The van der Waals surface area contributed by atoms with Crippen molar-refractivity contribution in [3.05, 3.63) is 17.5 Å². The van der Waals surface area contributed by atoms with Gasteiger partial charge >= 0.3 is 5.97 Å². The van der Waals surface area contributed by atoms with Gasteiger partial charge in [-0.15, -0.1) is 0 Å². The van der Waals surface area contributed by atoms with E-state index < -0.39 is 15.8 Å². The SMILES string of the molecule is CCCc1cc(C(=O)O)nn1C1CS(=O)(=O)C1. The first kappa shape index (κ1) is 12.1. The molecule has 0 radical (unpaired) electrons. The second-order valence-corrected chi connectivity index (χ2v) is 6.41. The fourth-order valence-corrected chi connectivity index (χ4v) is 3.33. The molecule has 0 unspecified atom stereocenters. The molecule has 2 rings (SSSR count). The highest BCUT2D eigenvalue weighted by atomic mass is 32.2. The summed E-state index contributed by atoms with van der Waals surface area (Å²) in [5.74, 6) is -0.960. The minimum absolute atomic E-state index is 0.0160. The molecule has 6 nitrogen and oxygen atoms in total. The Balaban J connectivity index is 2.29. The van der Waals surface area contributed by atoms with Crippen molar-refractivity contribution < 1.29 is 18.3 Å². The van der Waals surface area contributed by atoms with Crippen LogP contribution >= 0.6 is 0 Å². The normalized spacial score (nSPS) is 18.9. The average Bonchev–Trinajstić information content (AvgIpc) is 2.58. The molecule has 0 aliphatic carbocycles. The number of aromatic nitrogens is 2. The first-order chi connectivity index (χ1) is 7.93. The number of hydrogen-bond donors (Lipinski definition) is 1. The Morgan fingerprint density at radius 1 is 1.59 bits per heavy atom. The summed E-state index contributed by atoms with van der Waals surface area (Å²) >= 11 is 0. The molecule has 1 saturated heterocycles. The Hall–Kier alpha value is -1.37. The quantitative estimate of drug-likeness (QED) is 0.849. The molecule has 0 saturated carbocycles. The molecule has 1 fully saturated rings. The molecule has 1 N–H and O–H groups in total. The van der Waals surface area contributed by atoms with Gasteiger partial charge in [0.25, 0.3) is 0 Å². The highest BCUT2D eigenvalue weighted by molar-refractivity contribution is 7.92. The first-order valence-corrected chi connectivity index (χ1v) is 7.27. The largest absolute Gasteiger partial charge is 0.476 e. The maximum absolute atomic E-state index is 11.1. The van der Waals surface area contributed by atoms with E-state index >= 15 is 0 Å². The molecule has 0 spiro atoms. The minimum atomic E-state index is -2.93. The average molecular weight is 258 g/mol. The molecule has 1 aliphatic heterocycles. The monoisotopic (exact) mass is 258 g/mol. The van der Waals surface area contributed by atoms with Gasteiger partial charge in [0.2, 0.25) is 0 Å². The van der Waals surface area contributed by atoms with E-state index in [0.717, 1.165) is 12.1 Å². The van der Waals surface area contributed by atoms with Crippen LogP contribution in [0.2, 0.25) is 0 Å². The van der Waals surface area contributed by atoms with Crippen molar-refractivity contribution in [2.45, 2.75) is 25.8 Å². The van der Waals surface area contributed by atoms with E-state index in [0.29, 0.717) is 6.42 Å². The Morgan fingerprint density at radius 2 is 2.24 bits per heavy atom. The third-order valence-corrected chi connectivity index (χ3v) is 4.56. The van der Waals surface area contributed by atoms with Crippen LogP contribution in [0, 0.1) is 0 Å². The predicted molar refractivity (Wildman–Crippen MR) is 60.9 cm³/mol. The van der Waals surface area contributed by atoms with Crippen LogP contribution in [0.25, 0.3) is 0 Å². The van der Waals surface area contributed by atoms with Gasteiger partial charge in [-0.25, -0.2) is 13.2 Å². The van der Waals surface area contributed by atoms with Gasteiger partial charge in [0.15, 0.2) is 15.5 Å². The predicted octanol–water partition coefficient (Wildman–Crippen LogP) is 0.503. The zero-order valence-electron chi connectivity index (χ0n) is 9.46. The standard InChI is InChI=1S/C10H14N2O4S/c1-2-3-7-4-9(10(13)14)11-12(7)8-5-17(15,16)6-8/h4,8H,2-3,5-6H2,1H3,(H,13,14). The highest BCUT2D eigenvalue weighted by Crippen LogP contribution is 2.25. The fraction of sp³-hybridized carbons (Fsp3) is 0.600. The molecule has 1 aliphatic rings. The van der Waals surface area contributed by atoms with Gasteiger partial charge in [0.05, 0.1) is 17.5 Å². The fourth-order valence-electron chi connectivity index (χ4n) is 1.98. The Labute approximate surface area is 99.2 Å². The maximum atomic E-state index is 11.1. The number of nitrogens with zero attached hydrogens (tertiary/aromatic N) is 2. The number of carboxylic acid groups (broad SMARTS) is 1. The lowest BCUT2D eigenvalue weighted by atomic mass is 10.2. The Bertz CT molecular complexity index is 535. The summed E-state index contributed by atoms with van der Waals surface area (Å²) in [4.78, 5) is 10.8. The zero-order chi connectivity index (χ0) is 12.6. The van der Waals surface area contributed by atoms with E-state index in [2.05, 4.69) is 5.10 Å². The van der Waals surface area contributed by atoms with Crippen LogP contribution in [0.1, 0.15) is 35.6 Å². The second-order valence-electron chi connectivity index (χ2n) is 4.25. The van der Waals surface area contributed by atoms with Crippen molar-refractivity contribution >= 4 is 15.8 Å². The van der Waals surface area contributed by atoms with Gasteiger partial charge in [-0.1, -0.05) is 13.3 Å². The van der Waals surface area contributed by atoms with E-state index in [1.807, 2.05) is 6.92 Å². The summed E-state index contributed by atoms with van der Waals surface area (Å²) in [6.07, 6.45) is 1.57. The summed E-state index contributed by atoms with van der Waals surface area (Å²) in [6.45, 7) is 1.98. The molecule has 7 heteroatoms. The first-order valence-electron chi connectivity index (χ1n) is 5.45. The Morgan fingerprint density at radius 3 is 2.71 bits per heavy atom. The topological polar surface area (TPSA) is 89.3 Å². The lowest BCUT2D eigenvalue weighted by Gasteiger charge is -2.27. The third kappa shape index (κ3) is 2.33. The van der Waals surface area contributed by atoms with Crippen LogP contribution in [-0.4, -0.2) is 40.8 Å². The highest BCUT2D eigenvalue weighted by Gasteiger charge is 2.36. The van der Waals surface area contributed by atoms with Gasteiger partial charge in [0, 0.05) is 5.69 Å². The molecular formula is C10H14N2O4S. The molecule has 1 aromatic heterocycles. The lowest BCUT2D eigenvalue weighted by Crippen LogP contribution is -2.39. The number of rotatable bonds is 4. The number of hydrogen-bond acceptors (Lipinski definition) is 4. The number of aromatic carboxylic acids is 1. The van der Waals surface area contributed by atoms with Crippen molar-refractivity contribution in [1.82, 2.24) is 9.78 Å². The van der Waals surface area contributed by atoms with Crippen LogP contribution in [0.5, 0.6) is 0 Å². The van der Waals surface area contributed by atoms with Gasteiger partial charge in [-0.3, -0.25) is 4.68 Å². The minimum Gasteiger partial charge on any atom is -0.476 e. The summed E-state index contributed by atoms with van der Waals surface area (Å²) in [5.41, 5.74) is 0.780. The van der Waals surface area contributed by atoms with Crippen molar-refractivity contribution in [3.63, 3.8) is 0 Å². The molecule has 94 valence electrons. The Kier molecular flexibility index (Phi) is 2.94.